The smallest absolute Gasteiger partial charge is 0.222 e. The molecule has 3 rings (SSSR count). The van der Waals surface area contributed by atoms with Gasteiger partial charge in [-0.3, -0.25) is 4.79 Å². The molecule has 5 nitrogen and oxygen atoms in total. The molecule has 1 fully saturated rings. The molecule has 1 aliphatic rings. The number of nitrogen functional groups attached to an aromatic ring is 1. The van der Waals surface area contributed by atoms with Crippen molar-refractivity contribution in [2.75, 3.05) is 36.8 Å². The number of hydrogen-bond acceptors (Lipinski definition) is 5. The zero-order valence-electron chi connectivity index (χ0n) is 11.5. The van der Waals surface area contributed by atoms with Crippen LogP contribution in [0.25, 0.3) is 10.2 Å². The van der Waals surface area contributed by atoms with Gasteiger partial charge in [-0.1, -0.05) is 24.3 Å². The summed E-state index contributed by atoms with van der Waals surface area (Å²) in [6.07, 6.45) is 0.582. The first-order chi connectivity index (χ1) is 9.69. The molecule has 1 amide bonds. The summed E-state index contributed by atoms with van der Waals surface area (Å²) in [6, 6.07) is 6.17. The van der Waals surface area contributed by atoms with Crippen molar-refractivity contribution < 1.29 is 4.79 Å². The number of carbonyl (C=O) groups excluding carboxylic acids is 1. The Hall–Kier alpha value is -1.82. The van der Waals surface area contributed by atoms with E-state index < -0.39 is 0 Å². The highest BCUT2D eigenvalue weighted by molar-refractivity contribution is 7.22. The first-order valence-corrected chi connectivity index (χ1v) is 7.68. The zero-order valence-corrected chi connectivity index (χ0v) is 12.3. The average molecular weight is 290 g/mol. The second kappa shape index (κ2) is 5.28. The third kappa shape index (κ3) is 2.31. The van der Waals surface area contributed by atoms with Crippen LogP contribution in [-0.2, 0) is 4.79 Å². The maximum Gasteiger partial charge on any atom is 0.222 e. The van der Waals surface area contributed by atoms with Gasteiger partial charge < -0.3 is 15.5 Å². The molecule has 1 aromatic heterocycles. The maximum absolute atomic E-state index is 11.7. The molecule has 0 radical (unpaired) electrons. The van der Waals surface area contributed by atoms with Crippen LogP contribution >= 0.6 is 11.3 Å². The Morgan fingerprint density at radius 3 is 2.80 bits per heavy atom. The van der Waals surface area contributed by atoms with E-state index in [0.717, 1.165) is 42.1 Å². The molecule has 0 spiro atoms. The van der Waals surface area contributed by atoms with E-state index in [1.54, 1.807) is 0 Å². The summed E-state index contributed by atoms with van der Waals surface area (Å²) in [5, 5.41) is 0.604. The third-order valence-electron chi connectivity index (χ3n) is 3.69. The quantitative estimate of drug-likeness (QED) is 0.918. The average Bonchev–Trinajstić information content (AvgIpc) is 2.86. The van der Waals surface area contributed by atoms with Crippen LogP contribution < -0.4 is 10.6 Å². The van der Waals surface area contributed by atoms with Crippen LogP contribution in [0.1, 0.15) is 13.3 Å². The Morgan fingerprint density at radius 1 is 1.35 bits per heavy atom. The Kier molecular flexibility index (Phi) is 3.48. The van der Waals surface area contributed by atoms with E-state index >= 15 is 0 Å². The lowest BCUT2D eigenvalue weighted by molar-refractivity contribution is -0.131. The number of piperazine rings is 1. The monoisotopic (exact) mass is 290 g/mol. The van der Waals surface area contributed by atoms with Gasteiger partial charge in [0.15, 0.2) is 5.13 Å². The summed E-state index contributed by atoms with van der Waals surface area (Å²) in [5.41, 5.74) is 7.91. The fraction of sp³-hybridized carbons (Fsp3) is 0.429. The van der Waals surface area contributed by atoms with Crippen molar-refractivity contribution in [3.8, 4) is 0 Å². The molecular formula is C14H18N4OS. The van der Waals surface area contributed by atoms with Gasteiger partial charge >= 0.3 is 0 Å². The number of rotatable bonds is 2. The summed E-state index contributed by atoms with van der Waals surface area (Å²) in [4.78, 5) is 20.4. The normalized spacial score (nSPS) is 15.8. The Bertz CT molecular complexity index is 631. The molecule has 1 aromatic carbocycles. The van der Waals surface area contributed by atoms with Crippen molar-refractivity contribution in [3.63, 3.8) is 0 Å². The number of aromatic nitrogens is 1. The van der Waals surface area contributed by atoms with Gasteiger partial charge in [-0.2, -0.15) is 0 Å². The van der Waals surface area contributed by atoms with Crippen LogP contribution in [0.4, 0.5) is 10.8 Å². The molecule has 6 heteroatoms. The Labute approximate surface area is 122 Å². The number of nitrogens with two attached hydrogens (primary N) is 1. The fourth-order valence-electron chi connectivity index (χ4n) is 2.63. The molecule has 2 heterocycles. The number of carbonyl (C=O) groups is 1. The molecule has 2 N–H and O–H groups in total. The summed E-state index contributed by atoms with van der Waals surface area (Å²) in [6.45, 7) is 5.17. The van der Waals surface area contributed by atoms with Gasteiger partial charge in [0, 0.05) is 32.6 Å². The molecule has 1 saturated heterocycles. The number of para-hydroxylation sites is 1. The second-order valence-electron chi connectivity index (χ2n) is 4.90. The molecular weight excluding hydrogens is 272 g/mol. The maximum atomic E-state index is 11.7. The molecule has 0 aliphatic carbocycles. The molecule has 0 bridgehead atoms. The predicted octanol–water partition coefficient (Wildman–Crippen LogP) is 1.94. The van der Waals surface area contributed by atoms with Gasteiger partial charge in [0.25, 0.3) is 0 Å². The van der Waals surface area contributed by atoms with Crippen molar-refractivity contribution in [1.29, 1.82) is 0 Å². The topological polar surface area (TPSA) is 62.5 Å². The lowest BCUT2D eigenvalue weighted by atomic mass is 10.2. The number of hydrogen-bond donors (Lipinski definition) is 1. The van der Waals surface area contributed by atoms with Gasteiger partial charge in [-0.05, 0) is 12.1 Å². The van der Waals surface area contributed by atoms with Gasteiger partial charge in [0.1, 0.15) is 5.52 Å². The summed E-state index contributed by atoms with van der Waals surface area (Å²) in [7, 11) is 0. The van der Waals surface area contributed by atoms with Crippen LogP contribution in [0.2, 0.25) is 0 Å². The number of benzene rings is 1. The number of amides is 1. The summed E-state index contributed by atoms with van der Waals surface area (Å²) < 4.78 is 1.12. The molecule has 2 aromatic rings. The van der Waals surface area contributed by atoms with Crippen LogP contribution in [0, 0.1) is 0 Å². The molecule has 0 unspecified atom stereocenters. The van der Waals surface area contributed by atoms with Gasteiger partial charge in [0.05, 0.1) is 10.4 Å². The molecule has 106 valence electrons. The third-order valence-corrected chi connectivity index (χ3v) is 4.54. The first-order valence-electron chi connectivity index (χ1n) is 6.87. The van der Waals surface area contributed by atoms with E-state index in [1.807, 2.05) is 24.0 Å². The van der Waals surface area contributed by atoms with Crippen LogP contribution in [0.15, 0.2) is 18.2 Å². The highest BCUT2D eigenvalue weighted by atomic mass is 32.1. The molecule has 0 saturated carbocycles. The van der Waals surface area contributed by atoms with Crippen molar-refractivity contribution >= 4 is 38.3 Å². The van der Waals surface area contributed by atoms with E-state index in [9.17, 15) is 4.79 Å². The minimum atomic E-state index is 0.237. The van der Waals surface area contributed by atoms with Crippen LogP contribution in [0.3, 0.4) is 0 Å². The van der Waals surface area contributed by atoms with Crippen molar-refractivity contribution in [3.05, 3.63) is 18.2 Å². The van der Waals surface area contributed by atoms with E-state index in [-0.39, 0.29) is 5.91 Å². The second-order valence-corrected chi connectivity index (χ2v) is 5.96. The SMILES string of the molecule is CCC(=O)N1CCN(c2cccc3sc(N)nc23)CC1. The number of thiazole rings is 1. The number of nitrogens with zero attached hydrogens (tertiary/aromatic N) is 3. The largest absolute Gasteiger partial charge is 0.375 e. The van der Waals surface area contributed by atoms with Crippen molar-refractivity contribution in [2.45, 2.75) is 13.3 Å². The first kappa shape index (κ1) is 13.2. The van der Waals surface area contributed by atoms with E-state index in [0.29, 0.717) is 11.6 Å². The Balaban J connectivity index is 1.81. The van der Waals surface area contributed by atoms with Gasteiger partial charge in [0.2, 0.25) is 5.91 Å². The predicted molar refractivity (Wildman–Crippen MR) is 83.1 cm³/mol. The standard InChI is InChI=1S/C14H18N4OS/c1-2-12(19)18-8-6-17(7-9-18)10-4-3-5-11-13(10)16-14(15)20-11/h3-5H,2,6-9H2,1H3,(H2,15,16). The van der Waals surface area contributed by atoms with Gasteiger partial charge in [-0.15, -0.1) is 0 Å². The zero-order chi connectivity index (χ0) is 14.1. The molecule has 1 aliphatic heterocycles. The summed E-state index contributed by atoms with van der Waals surface area (Å²) >= 11 is 1.51. The minimum absolute atomic E-state index is 0.237. The van der Waals surface area contributed by atoms with Crippen molar-refractivity contribution in [1.82, 2.24) is 9.88 Å². The highest BCUT2D eigenvalue weighted by Crippen LogP contribution is 2.32. The number of anilines is 2. The van der Waals surface area contributed by atoms with E-state index in [1.165, 1.54) is 11.3 Å². The Morgan fingerprint density at radius 2 is 2.10 bits per heavy atom. The van der Waals surface area contributed by atoms with Crippen LogP contribution in [0.5, 0.6) is 0 Å². The fourth-order valence-corrected chi connectivity index (χ4v) is 3.38. The molecule has 0 atom stereocenters. The lowest BCUT2D eigenvalue weighted by Crippen LogP contribution is -2.48. The highest BCUT2D eigenvalue weighted by Gasteiger charge is 2.21. The van der Waals surface area contributed by atoms with Crippen molar-refractivity contribution in [2.24, 2.45) is 0 Å². The molecule has 20 heavy (non-hydrogen) atoms. The van der Waals surface area contributed by atoms with Crippen LogP contribution in [-0.4, -0.2) is 42.0 Å². The van der Waals surface area contributed by atoms with Gasteiger partial charge in [-0.25, -0.2) is 4.98 Å². The van der Waals surface area contributed by atoms with E-state index in [4.69, 9.17) is 5.73 Å². The minimum Gasteiger partial charge on any atom is -0.375 e. The lowest BCUT2D eigenvalue weighted by Gasteiger charge is -2.36. The summed E-state index contributed by atoms with van der Waals surface area (Å²) in [5.74, 6) is 0.237. The number of fused-ring (bicyclic) bond motifs is 1. The van der Waals surface area contributed by atoms with E-state index in [2.05, 4.69) is 16.0 Å².